The first kappa shape index (κ1) is 22.9. The fraction of sp³-hybridized carbons (Fsp3) is 0.185. The number of Topliss-reactive ketones (excluding diaryl/α,β-unsaturated/α-hetero) is 1. The second-order valence-corrected chi connectivity index (χ2v) is 8.00. The Morgan fingerprint density at radius 3 is 2.41 bits per heavy atom. The number of hydrogen-bond acceptors (Lipinski definition) is 6. The number of rotatable bonds is 8. The highest BCUT2D eigenvalue weighted by Crippen LogP contribution is 2.40. The Morgan fingerprint density at radius 1 is 1.00 bits per heavy atom. The van der Waals surface area contributed by atoms with Crippen LogP contribution in [0.2, 0.25) is 0 Å². The second kappa shape index (κ2) is 9.70. The Kier molecular flexibility index (Phi) is 6.54. The number of carboxylic acids is 1. The van der Waals surface area contributed by atoms with Crippen molar-refractivity contribution in [3.8, 4) is 17.2 Å². The zero-order valence-corrected chi connectivity index (χ0v) is 19.2. The number of hydrogen-bond donors (Lipinski definition) is 1. The van der Waals surface area contributed by atoms with Crippen LogP contribution in [0.1, 0.15) is 21.5 Å². The molecular formula is C27H25NO6. The highest BCUT2D eigenvalue weighted by molar-refractivity contribution is 6.27. The number of allylic oxidation sites excluding steroid dienone is 1. The third-order valence-electron chi connectivity index (χ3n) is 5.62. The number of carbonyl (C=O) groups excluding carboxylic acids is 1. The SMILES string of the molecule is COc1ccc(C(=O)/C(Cc2cccc(N(C)C)c2)=C(\C(=O)O)c2cccc3c2OCO3)cc1. The molecule has 0 fully saturated rings. The van der Waals surface area contributed by atoms with E-state index < -0.39 is 5.97 Å². The summed E-state index contributed by atoms with van der Waals surface area (Å²) in [5.74, 6) is -0.230. The van der Waals surface area contributed by atoms with E-state index in [4.69, 9.17) is 14.2 Å². The molecule has 7 heteroatoms. The predicted molar refractivity (Wildman–Crippen MR) is 129 cm³/mol. The van der Waals surface area contributed by atoms with Gasteiger partial charge in [0.25, 0.3) is 0 Å². The predicted octanol–water partition coefficient (Wildman–Crippen LogP) is 4.45. The Bertz CT molecular complexity index is 1260. The van der Waals surface area contributed by atoms with Crippen LogP contribution in [0, 0.1) is 0 Å². The van der Waals surface area contributed by atoms with Gasteiger partial charge in [-0.15, -0.1) is 0 Å². The molecule has 3 aromatic carbocycles. The number of aliphatic carboxylic acids is 1. The lowest BCUT2D eigenvalue weighted by atomic mass is 9.89. The lowest BCUT2D eigenvalue weighted by Crippen LogP contribution is -2.15. The maximum atomic E-state index is 13.7. The summed E-state index contributed by atoms with van der Waals surface area (Å²) in [6, 6.07) is 19.3. The van der Waals surface area contributed by atoms with Gasteiger partial charge in [-0.3, -0.25) is 4.79 Å². The zero-order valence-electron chi connectivity index (χ0n) is 19.2. The summed E-state index contributed by atoms with van der Waals surface area (Å²) in [6.07, 6.45) is 0.124. The number of carbonyl (C=O) groups is 2. The summed E-state index contributed by atoms with van der Waals surface area (Å²) in [7, 11) is 5.39. The number of benzene rings is 3. The molecule has 0 amide bonds. The van der Waals surface area contributed by atoms with Crippen LogP contribution in [0.3, 0.4) is 0 Å². The van der Waals surface area contributed by atoms with Gasteiger partial charge < -0.3 is 24.2 Å². The van der Waals surface area contributed by atoms with E-state index in [2.05, 4.69) is 0 Å². The molecule has 1 heterocycles. The molecule has 3 aromatic rings. The van der Waals surface area contributed by atoms with Crippen molar-refractivity contribution >= 4 is 23.0 Å². The Balaban J connectivity index is 1.90. The van der Waals surface area contributed by atoms with Crippen LogP contribution in [0.4, 0.5) is 5.69 Å². The number of anilines is 1. The monoisotopic (exact) mass is 459 g/mol. The molecule has 34 heavy (non-hydrogen) atoms. The van der Waals surface area contributed by atoms with E-state index in [1.54, 1.807) is 49.6 Å². The smallest absolute Gasteiger partial charge is 0.336 e. The van der Waals surface area contributed by atoms with Crippen molar-refractivity contribution in [2.75, 3.05) is 32.9 Å². The van der Waals surface area contributed by atoms with Crippen molar-refractivity contribution in [2.24, 2.45) is 0 Å². The van der Waals surface area contributed by atoms with Crippen LogP contribution in [0.15, 0.2) is 72.3 Å². The van der Waals surface area contributed by atoms with Gasteiger partial charge in [0.15, 0.2) is 17.3 Å². The number of carboxylic acid groups (broad SMARTS) is 1. The second-order valence-electron chi connectivity index (χ2n) is 8.00. The van der Waals surface area contributed by atoms with Gasteiger partial charge in [0.2, 0.25) is 6.79 Å². The quantitative estimate of drug-likeness (QED) is 0.393. The third-order valence-corrected chi connectivity index (χ3v) is 5.62. The van der Waals surface area contributed by atoms with E-state index in [0.717, 1.165) is 11.3 Å². The fourth-order valence-corrected chi connectivity index (χ4v) is 3.88. The Labute approximate surface area is 197 Å². The van der Waals surface area contributed by atoms with Crippen molar-refractivity contribution in [1.29, 1.82) is 0 Å². The van der Waals surface area contributed by atoms with Gasteiger partial charge in [-0.25, -0.2) is 4.79 Å². The molecule has 0 saturated heterocycles. The van der Waals surface area contributed by atoms with E-state index in [1.807, 2.05) is 43.3 Å². The zero-order chi connectivity index (χ0) is 24.2. The molecule has 4 rings (SSSR count). The molecule has 0 atom stereocenters. The van der Waals surface area contributed by atoms with E-state index in [0.29, 0.717) is 28.4 Å². The first-order valence-electron chi connectivity index (χ1n) is 10.7. The van der Waals surface area contributed by atoms with E-state index in [-0.39, 0.29) is 30.1 Å². The molecule has 0 spiro atoms. The van der Waals surface area contributed by atoms with Crippen molar-refractivity contribution in [3.63, 3.8) is 0 Å². The van der Waals surface area contributed by atoms with Crippen molar-refractivity contribution in [1.82, 2.24) is 0 Å². The number of para-hydroxylation sites is 1. The molecule has 0 radical (unpaired) electrons. The summed E-state index contributed by atoms with van der Waals surface area (Å²) in [5.41, 5.74) is 2.47. The van der Waals surface area contributed by atoms with Gasteiger partial charge >= 0.3 is 5.97 Å². The standard InChI is InChI=1S/C27H25NO6/c1-28(2)19-7-4-6-17(14-19)15-22(25(29)18-10-12-20(32-3)13-11-18)24(27(30)31)21-8-5-9-23-26(21)34-16-33-23/h4-14H,15-16H2,1-3H3,(H,30,31)/b24-22-. The molecule has 0 aromatic heterocycles. The van der Waals surface area contributed by atoms with Crippen molar-refractivity contribution in [2.45, 2.75) is 6.42 Å². The largest absolute Gasteiger partial charge is 0.497 e. The summed E-state index contributed by atoms with van der Waals surface area (Å²) >= 11 is 0. The van der Waals surface area contributed by atoms with Gasteiger partial charge in [0.1, 0.15) is 5.75 Å². The molecule has 0 bridgehead atoms. The van der Waals surface area contributed by atoms with Crippen molar-refractivity contribution < 1.29 is 28.9 Å². The number of methoxy groups -OCH3 is 1. The Hall–Kier alpha value is -4.26. The normalized spacial score (nSPS) is 12.7. The minimum Gasteiger partial charge on any atom is -0.497 e. The molecule has 174 valence electrons. The molecule has 0 saturated carbocycles. The minimum absolute atomic E-state index is 0.00805. The van der Waals surface area contributed by atoms with Crippen LogP contribution < -0.4 is 19.1 Å². The maximum Gasteiger partial charge on any atom is 0.336 e. The highest BCUT2D eigenvalue weighted by Gasteiger charge is 2.29. The number of ketones is 1. The van der Waals surface area contributed by atoms with Crippen LogP contribution in [0.5, 0.6) is 17.2 Å². The summed E-state index contributed by atoms with van der Waals surface area (Å²) in [4.78, 5) is 28.3. The summed E-state index contributed by atoms with van der Waals surface area (Å²) in [5, 5.41) is 10.3. The lowest BCUT2D eigenvalue weighted by molar-refractivity contribution is -0.130. The van der Waals surface area contributed by atoms with Crippen LogP contribution in [-0.2, 0) is 11.2 Å². The van der Waals surface area contributed by atoms with Gasteiger partial charge in [0, 0.05) is 42.9 Å². The third kappa shape index (κ3) is 4.59. The molecule has 0 aliphatic carbocycles. The minimum atomic E-state index is -1.22. The van der Waals surface area contributed by atoms with Crippen LogP contribution >= 0.6 is 0 Å². The fourth-order valence-electron chi connectivity index (χ4n) is 3.88. The number of nitrogens with zero attached hydrogens (tertiary/aromatic N) is 1. The number of ether oxygens (including phenoxy) is 3. The average molecular weight is 459 g/mol. The van der Waals surface area contributed by atoms with Crippen LogP contribution in [-0.4, -0.2) is 44.9 Å². The molecule has 0 unspecified atom stereocenters. The molecule has 1 aliphatic heterocycles. The first-order valence-corrected chi connectivity index (χ1v) is 10.7. The Morgan fingerprint density at radius 2 is 1.74 bits per heavy atom. The van der Waals surface area contributed by atoms with E-state index >= 15 is 0 Å². The molecular weight excluding hydrogens is 434 g/mol. The van der Waals surface area contributed by atoms with Gasteiger partial charge in [-0.2, -0.15) is 0 Å². The van der Waals surface area contributed by atoms with Crippen molar-refractivity contribution in [3.05, 3.63) is 89.0 Å². The van der Waals surface area contributed by atoms with Crippen LogP contribution in [0.25, 0.3) is 5.57 Å². The molecule has 7 nitrogen and oxygen atoms in total. The van der Waals surface area contributed by atoms with Gasteiger partial charge in [-0.05, 0) is 48.0 Å². The first-order chi connectivity index (χ1) is 16.4. The average Bonchev–Trinajstić information content (AvgIpc) is 3.33. The van der Waals surface area contributed by atoms with Gasteiger partial charge in [-0.1, -0.05) is 24.3 Å². The molecule has 1 aliphatic rings. The number of fused-ring (bicyclic) bond motifs is 1. The molecule has 1 N–H and O–H groups in total. The topological polar surface area (TPSA) is 85.3 Å². The van der Waals surface area contributed by atoms with Gasteiger partial charge in [0.05, 0.1) is 12.7 Å². The summed E-state index contributed by atoms with van der Waals surface area (Å²) in [6.45, 7) is -0.00805. The lowest BCUT2D eigenvalue weighted by Gasteiger charge is -2.17. The van der Waals surface area contributed by atoms with E-state index in [9.17, 15) is 14.7 Å². The van der Waals surface area contributed by atoms with E-state index in [1.165, 1.54) is 0 Å². The summed E-state index contributed by atoms with van der Waals surface area (Å²) < 4.78 is 16.2. The highest BCUT2D eigenvalue weighted by atomic mass is 16.7. The maximum absolute atomic E-state index is 13.7.